The zero-order valence-corrected chi connectivity index (χ0v) is 9.45. The lowest BCUT2D eigenvalue weighted by Crippen LogP contribution is -2.20. The Hall–Kier alpha value is -0.830. The second-order valence-corrected chi connectivity index (χ2v) is 4.01. The monoisotopic (exact) mass is 195 g/mol. The minimum absolute atomic E-state index is 0.767. The molecule has 1 heterocycles. The van der Waals surface area contributed by atoms with Crippen molar-refractivity contribution in [2.24, 2.45) is 13.0 Å². The van der Waals surface area contributed by atoms with Crippen LogP contribution >= 0.6 is 0 Å². The molecule has 3 nitrogen and oxygen atoms in total. The van der Waals surface area contributed by atoms with Crippen LogP contribution < -0.4 is 5.32 Å². The van der Waals surface area contributed by atoms with Crippen LogP contribution in [0.2, 0.25) is 0 Å². The molecule has 0 aliphatic rings. The van der Waals surface area contributed by atoms with Gasteiger partial charge in [-0.25, -0.2) is 0 Å². The smallest absolute Gasteiger partial charge is 0.0762 e. The Morgan fingerprint density at radius 2 is 2.36 bits per heavy atom. The number of rotatable bonds is 6. The van der Waals surface area contributed by atoms with Gasteiger partial charge in [-0.05, 0) is 24.9 Å². The molecule has 1 unspecified atom stereocenters. The average molecular weight is 195 g/mol. The lowest BCUT2D eigenvalue weighted by molar-refractivity contribution is 0.473. The zero-order valence-electron chi connectivity index (χ0n) is 9.45. The molecule has 0 aliphatic carbocycles. The Labute approximate surface area is 86.5 Å². The first kappa shape index (κ1) is 11.2. The number of aryl methyl sites for hydroxylation is 1. The summed E-state index contributed by atoms with van der Waals surface area (Å²) >= 11 is 0. The van der Waals surface area contributed by atoms with Gasteiger partial charge in [-0.3, -0.25) is 4.68 Å². The van der Waals surface area contributed by atoms with Crippen LogP contribution in [-0.4, -0.2) is 16.3 Å². The van der Waals surface area contributed by atoms with Gasteiger partial charge in [-0.15, -0.1) is 0 Å². The molecule has 0 bridgehead atoms. The first-order valence-corrected chi connectivity index (χ1v) is 5.41. The van der Waals surface area contributed by atoms with Gasteiger partial charge in [-0.2, -0.15) is 5.10 Å². The van der Waals surface area contributed by atoms with Crippen LogP contribution in [0.3, 0.4) is 0 Å². The SMILES string of the molecule is CCCC(C)CNCc1ccn(C)n1. The third-order valence-corrected chi connectivity index (χ3v) is 2.35. The van der Waals surface area contributed by atoms with Crippen LogP contribution in [0.1, 0.15) is 32.4 Å². The number of hydrogen-bond donors (Lipinski definition) is 1. The van der Waals surface area contributed by atoms with Crippen molar-refractivity contribution in [1.82, 2.24) is 15.1 Å². The molecule has 14 heavy (non-hydrogen) atoms. The molecule has 1 rings (SSSR count). The molecule has 0 spiro atoms. The van der Waals surface area contributed by atoms with Crippen LogP contribution in [0, 0.1) is 5.92 Å². The number of nitrogens with one attached hydrogen (secondary N) is 1. The van der Waals surface area contributed by atoms with Crippen molar-refractivity contribution in [3.63, 3.8) is 0 Å². The molecular formula is C11H21N3. The van der Waals surface area contributed by atoms with E-state index in [0.717, 1.165) is 24.7 Å². The lowest BCUT2D eigenvalue weighted by atomic mass is 10.1. The van der Waals surface area contributed by atoms with Crippen molar-refractivity contribution >= 4 is 0 Å². The third kappa shape index (κ3) is 3.92. The van der Waals surface area contributed by atoms with Gasteiger partial charge < -0.3 is 5.32 Å². The second kappa shape index (κ2) is 5.81. The van der Waals surface area contributed by atoms with Crippen LogP contribution in [0.25, 0.3) is 0 Å². The maximum Gasteiger partial charge on any atom is 0.0762 e. The molecule has 80 valence electrons. The summed E-state index contributed by atoms with van der Waals surface area (Å²) in [7, 11) is 1.95. The highest BCUT2D eigenvalue weighted by Crippen LogP contribution is 2.03. The molecule has 0 saturated heterocycles. The minimum atomic E-state index is 0.767. The largest absolute Gasteiger partial charge is 0.311 e. The molecule has 0 aromatic carbocycles. The molecule has 0 fully saturated rings. The molecule has 1 atom stereocenters. The van der Waals surface area contributed by atoms with Crippen LogP contribution in [-0.2, 0) is 13.6 Å². The zero-order chi connectivity index (χ0) is 10.4. The first-order chi connectivity index (χ1) is 6.72. The quantitative estimate of drug-likeness (QED) is 0.752. The average Bonchev–Trinajstić information content (AvgIpc) is 2.52. The summed E-state index contributed by atoms with van der Waals surface area (Å²) in [4.78, 5) is 0. The normalized spacial score (nSPS) is 13.1. The fourth-order valence-corrected chi connectivity index (χ4v) is 1.60. The molecule has 0 amide bonds. The fourth-order valence-electron chi connectivity index (χ4n) is 1.60. The van der Waals surface area contributed by atoms with E-state index in [9.17, 15) is 0 Å². The van der Waals surface area contributed by atoms with Gasteiger partial charge in [0, 0.05) is 19.8 Å². The summed E-state index contributed by atoms with van der Waals surface area (Å²) in [6.45, 7) is 6.49. The fraction of sp³-hybridized carbons (Fsp3) is 0.727. The molecule has 0 saturated carbocycles. The number of nitrogens with zero attached hydrogens (tertiary/aromatic N) is 2. The Bertz CT molecular complexity index is 255. The van der Waals surface area contributed by atoms with Gasteiger partial charge in [0.05, 0.1) is 5.69 Å². The van der Waals surface area contributed by atoms with E-state index in [1.165, 1.54) is 12.8 Å². The molecule has 1 aromatic heterocycles. The Morgan fingerprint density at radius 1 is 1.57 bits per heavy atom. The maximum absolute atomic E-state index is 4.31. The van der Waals surface area contributed by atoms with Gasteiger partial charge in [0.2, 0.25) is 0 Å². The summed E-state index contributed by atoms with van der Waals surface area (Å²) in [5.74, 6) is 0.767. The highest BCUT2D eigenvalue weighted by molar-refractivity contribution is 4.97. The standard InChI is InChI=1S/C11H21N3/c1-4-5-10(2)8-12-9-11-6-7-14(3)13-11/h6-7,10,12H,4-5,8-9H2,1-3H3. The van der Waals surface area contributed by atoms with E-state index < -0.39 is 0 Å². The van der Waals surface area contributed by atoms with E-state index in [1.807, 2.05) is 17.9 Å². The summed E-state index contributed by atoms with van der Waals surface area (Å²) in [6.07, 6.45) is 4.55. The molecule has 0 radical (unpaired) electrons. The van der Waals surface area contributed by atoms with Crippen molar-refractivity contribution in [1.29, 1.82) is 0 Å². The van der Waals surface area contributed by atoms with E-state index in [1.54, 1.807) is 0 Å². The van der Waals surface area contributed by atoms with E-state index in [-0.39, 0.29) is 0 Å². The molecule has 1 N–H and O–H groups in total. The van der Waals surface area contributed by atoms with Gasteiger partial charge >= 0.3 is 0 Å². The van der Waals surface area contributed by atoms with E-state index >= 15 is 0 Å². The van der Waals surface area contributed by atoms with Gasteiger partial charge in [0.1, 0.15) is 0 Å². The molecular weight excluding hydrogens is 174 g/mol. The third-order valence-electron chi connectivity index (χ3n) is 2.35. The number of aromatic nitrogens is 2. The van der Waals surface area contributed by atoms with Crippen molar-refractivity contribution in [2.45, 2.75) is 33.2 Å². The topological polar surface area (TPSA) is 29.9 Å². The Balaban J connectivity index is 2.15. The number of hydrogen-bond acceptors (Lipinski definition) is 2. The van der Waals surface area contributed by atoms with Crippen LogP contribution in [0.4, 0.5) is 0 Å². The van der Waals surface area contributed by atoms with Crippen LogP contribution in [0.15, 0.2) is 12.3 Å². The highest BCUT2D eigenvalue weighted by Gasteiger charge is 2.00. The Kier molecular flexibility index (Phi) is 4.66. The van der Waals surface area contributed by atoms with Gasteiger partial charge in [0.25, 0.3) is 0 Å². The van der Waals surface area contributed by atoms with Crippen molar-refractivity contribution in [3.05, 3.63) is 18.0 Å². The minimum Gasteiger partial charge on any atom is -0.311 e. The summed E-state index contributed by atoms with van der Waals surface area (Å²) < 4.78 is 1.84. The van der Waals surface area contributed by atoms with Crippen LogP contribution in [0.5, 0.6) is 0 Å². The highest BCUT2D eigenvalue weighted by atomic mass is 15.3. The molecule has 3 heteroatoms. The predicted octanol–water partition coefficient (Wildman–Crippen LogP) is 1.95. The van der Waals surface area contributed by atoms with Gasteiger partial charge in [-0.1, -0.05) is 20.3 Å². The maximum atomic E-state index is 4.31. The van der Waals surface area contributed by atoms with E-state index in [2.05, 4.69) is 30.3 Å². The van der Waals surface area contributed by atoms with Gasteiger partial charge in [0.15, 0.2) is 0 Å². The summed E-state index contributed by atoms with van der Waals surface area (Å²) in [5, 5.41) is 7.73. The summed E-state index contributed by atoms with van der Waals surface area (Å²) in [6, 6.07) is 2.05. The predicted molar refractivity (Wildman–Crippen MR) is 59.0 cm³/mol. The Morgan fingerprint density at radius 3 is 2.93 bits per heavy atom. The lowest BCUT2D eigenvalue weighted by Gasteiger charge is -2.09. The van der Waals surface area contributed by atoms with E-state index in [4.69, 9.17) is 0 Å². The second-order valence-electron chi connectivity index (χ2n) is 4.01. The first-order valence-electron chi connectivity index (χ1n) is 5.41. The van der Waals surface area contributed by atoms with Crippen molar-refractivity contribution < 1.29 is 0 Å². The molecule has 1 aromatic rings. The van der Waals surface area contributed by atoms with E-state index in [0.29, 0.717) is 0 Å². The van der Waals surface area contributed by atoms with Crippen molar-refractivity contribution in [2.75, 3.05) is 6.54 Å². The van der Waals surface area contributed by atoms with Crippen molar-refractivity contribution in [3.8, 4) is 0 Å². The molecule has 0 aliphatic heterocycles. The summed E-state index contributed by atoms with van der Waals surface area (Å²) in [5.41, 5.74) is 1.12.